The highest BCUT2D eigenvalue weighted by Crippen LogP contribution is 2.14. The summed E-state index contributed by atoms with van der Waals surface area (Å²) in [5.74, 6) is -0.808. The molecule has 0 radical (unpaired) electrons. The van der Waals surface area contributed by atoms with E-state index in [1.807, 2.05) is 4.90 Å². The Bertz CT molecular complexity index is 492. The van der Waals surface area contributed by atoms with Crippen LogP contribution in [0, 0.1) is 0 Å². The number of carboxylic acids is 1. The summed E-state index contributed by atoms with van der Waals surface area (Å²) in [6, 6.07) is 5.61. The summed E-state index contributed by atoms with van der Waals surface area (Å²) >= 11 is 0. The third kappa shape index (κ3) is 3.08. The molecule has 1 unspecified atom stereocenters. The highest BCUT2D eigenvalue weighted by molar-refractivity contribution is 5.94. The van der Waals surface area contributed by atoms with Gasteiger partial charge in [-0.25, -0.2) is 0 Å². The average Bonchev–Trinajstić information content (AvgIpc) is 2.46. The van der Waals surface area contributed by atoms with Gasteiger partial charge in [0.2, 0.25) is 0 Å². The second-order valence-corrected chi connectivity index (χ2v) is 4.89. The van der Waals surface area contributed by atoms with Crippen LogP contribution < -0.4 is 0 Å². The van der Waals surface area contributed by atoms with E-state index in [0.717, 1.165) is 0 Å². The number of aliphatic carboxylic acids is 1. The molecule has 108 valence electrons. The van der Waals surface area contributed by atoms with Gasteiger partial charge in [0, 0.05) is 31.7 Å². The van der Waals surface area contributed by atoms with Crippen LogP contribution >= 0.6 is 0 Å². The number of hydrogen-bond donors (Lipinski definition) is 2. The zero-order chi connectivity index (χ0) is 14.7. The lowest BCUT2D eigenvalue weighted by Crippen LogP contribution is -2.53. The molecule has 1 heterocycles. The minimum absolute atomic E-state index is 0.0902. The molecule has 1 aromatic rings. The largest absolute Gasteiger partial charge is 0.508 e. The van der Waals surface area contributed by atoms with Crippen LogP contribution in [0.15, 0.2) is 24.3 Å². The minimum Gasteiger partial charge on any atom is -0.508 e. The van der Waals surface area contributed by atoms with Crippen LogP contribution in [0.3, 0.4) is 0 Å². The van der Waals surface area contributed by atoms with Crippen LogP contribution in [-0.2, 0) is 4.79 Å². The molecule has 1 aliphatic rings. The number of carboxylic acid groups (broad SMARTS) is 1. The van der Waals surface area contributed by atoms with Gasteiger partial charge < -0.3 is 15.1 Å². The number of aromatic hydroxyl groups is 1. The van der Waals surface area contributed by atoms with Gasteiger partial charge in [-0.3, -0.25) is 14.5 Å². The molecule has 0 spiro atoms. The predicted octanol–water partition coefficient (Wildman–Crippen LogP) is 0.623. The van der Waals surface area contributed by atoms with E-state index in [4.69, 9.17) is 5.11 Å². The third-order valence-electron chi connectivity index (χ3n) is 3.62. The second kappa shape index (κ2) is 5.92. The first-order chi connectivity index (χ1) is 9.49. The molecule has 1 aliphatic heterocycles. The molecule has 1 amide bonds. The quantitative estimate of drug-likeness (QED) is 0.847. The summed E-state index contributed by atoms with van der Waals surface area (Å²) < 4.78 is 0. The van der Waals surface area contributed by atoms with Crippen molar-refractivity contribution in [2.24, 2.45) is 0 Å². The Morgan fingerprint density at radius 2 is 1.65 bits per heavy atom. The Labute approximate surface area is 117 Å². The number of carbonyl (C=O) groups excluding carboxylic acids is 1. The molecular weight excluding hydrogens is 260 g/mol. The zero-order valence-electron chi connectivity index (χ0n) is 11.3. The van der Waals surface area contributed by atoms with Crippen molar-refractivity contribution in [1.82, 2.24) is 9.80 Å². The van der Waals surface area contributed by atoms with Crippen molar-refractivity contribution in [2.45, 2.75) is 13.0 Å². The topological polar surface area (TPSA) is 81.1 Å². The molecule has 2 N–H and O–H groups in total. The van der Waals surface area contributed by atoms with Gasteiger partial charge >= 0.3 is 5.97 Å². The Balaban J connectivity index is 1.95. The van der Waals surface area contributed by atoms with Crippen LogP contribution in [0.1, 0.15) is 17.3 Å². The molecule has 1 fully saturated rings. The summed E-state index contributed by atoms with van der Waals surface area (Å²) in [6.07, 6.45) is 0. The van der Waals surface area contributed by atoms with Crippen LogP contribution in [0.2, 0.25) is 0 Å². The molecule has 0 aliphatic carbocycles. The molecule has 0 aromatic heterocycles. The first kappa shape index (κ1) is 14.3. The Kier molecular flexibility index (Phi) is 4.24. The van der Waals surface area contributed by atoms with Gasteiger partial charge in [0.05, 0.1) is 0 Å². The highest BCUT2D eigenvalue weighted by Gasteiger charge is 2.27. The molecule has 2 rings (SSSR count). The minimum atomic E-state index is -0.844. The van der Waals surface area contributed by atoms with E-state index in [2.05, 4.69) is 0 Å². The second-order valence-electron chi connectivity index (χ2n) is 4.89. The first-order valence-electron chi connectivity index (χ1n) is 6.54. The number of phenolic OH excluding ortho intramolecular Hbond substituents is 1. The molecule has 1 aromatic carbocycles. The van der Waals surface area contributed by atoms with Crippen molar-refractivity contribution in [1.29, 1.82) is 0 Å². The van der Waals surface area contributed by atoms with Crippen molar-refractivity contribution in [3.05, 3.63) is 29.8 Å². The maximum absolute atomic E-state index is 12.2. The van der Waals surface area contributed by atoms with Crippen molar-refractivity contribution in [3.8, 4) is 5.75 Å². The molecule has 20 heavy (non-hydrogen) atoms. The summed E-state index contributed by atoms with van der Waals surface area (Å²) in [5.41, 5.74) is 0.530. The van der Waals surface area contributed by atoms with Crippen molar-refractivity contribution in [2.75, 3.05) is 26.2 Å². The number of benzene rings is 1. The van der Waals surface area contributed by atoms with Gasteiger partial charge in [0.15, 0.2) is 0 Å². The van der Waals surface area contributed by atoms with E-state index in [0.29, 0.717) is 31.7 Å². The van der Waals surface area contributed by atoms with Gasteiger partial charge in [-0.05, 0) is 31.2 Å². The number of piperazine rings is 1. The van der Waals surface area contributed by atoms with E-state index in [1.54, 1.807) is 24.0 Å². The summed E-state index contributed by atoms with van der Waals surface area (Å²) in [6.45, 7) is 3.78. The maximum Gasteiger partial charge on any atom is 0.320 e. The van der Waals surface area contributed by atoms with Crippen LogP contribution in [0.4, 0.5) is 0 Å². The Hall–Kier alpha value is -2.08. The predicted molar refractivity (Wildman–Crippen MR) is 72.7 cm³/mol. The number of nitrogens with zero attached hydrogens (tertiary/aromatic N) is 2. The fraction of sp³-hybridized carbons (Fsp3) is 0.429. The van der Waals surface area contributed by atoms with Gasteiger partial charge in [-0.15, -0.1) is 0 Å². The Morgan fingerprint density at radius 1 is 1.10 bits per heavy atom. The van der Waals surface area contributed by atoms with E-state index < -0.39 is 12.0 Å². The molecule has 1 atom stereocenters. The fourth-order valence-corrected chi connectivity index (χ4v) is 2.26. The number of amides is 1. The maximum atomic E-state index is 12.2. The van der Waals surface area contributed by atoms with Gasteiger partial charge in [0.25, 0.3) is 5.91 Å². The number of hydrogen-bond acceptors (Lipinski definition) is 4. The normalized spacial score (nSPS) is 17.8. The van der Waals surface area contributed by atoms with Crippen LogP contribution in [-0.4, -0.2) is 64.1 Å². The van der Waals surface area contributed by atoms with Crippen molar-refractivity contribution < 1.29 is 19.8 Å². The van der Waals surface area contributed by atoms with E-state index in [9.17, 15) is 14.7 Å². The van der Waals surface area contributed by atoms with E-state index in [-0.39, 0.29) is 11.7 Å². The number of rotatable bonds is 3. The SMILES string of the molecule is CC(C(=O)O)N1CCN(C(=O)c2ccc(O)cc2)CC1. The lowest BCUT2D eigenvalue weighted by molar-refractivity contribution is -0.143. The molecule has 0 saturated carbocycles. The van der Waals surface area contributed by atoms with Crippen LogP contribution in [0.25, 0.3) is 0 Å². The monoisotopic (exact) mass is 278 g/mol. The van der Waals surface area contributed by atoms with Crippen LogP contribution in [0.5, 0.6) is 5.75 Å². The first-order valence-corrected chi connectivity index (χ1v) is 6.54. The highest BCUT2D eigenvalue weighted by atomic mass is 16.4. The van der Waals surface area contributed by atoms with Gasteiger partial charge in [0.1, 0.15) is 11.8 Å². The van der Waals surface area contributed by atoms with E-state index >= 15 is 0 Å². The van der Waals surface area contributed by atoms with Gasteiger partial charge in [-0.1, -0.05) is 0 Å². The number of carbonyl (C=O) groups is 2. The lowest BCUT2D eigenvalue weighted by atomic mass is 10.1. The fourth-order valence-electron chi connectivity index (χ4n) is 2.26. The summed E-state index contributed by atoms with van der Waals surface area (Å²) in [5, 5.41) is 18.2. The summed E-state index contributed by atoms with van der Waals surface area (Å²) in [7, 11) is 0. The smallest absolute Gasteiger partial charge is 0.320 e. The standard InChI is InChI=1S/C14H18N2O4/c1-10(14(19)20)15-6-8-16(9-7-15)13(18)11-2-4-12(17)5-3-11/h2-5,10,17H,6-9H2,1H3,(H,19,20). The molecule has 1 saturated heterocycles. The molecule has 6 heteroatoms. The number of phenols is 1. The van der Waals surface area contributed by atoms with E-state index in [1.165, 1.54) is 12.1 Å². The lowest BCUT2D eigenvalue weighted by Gasteiger charge is -2.36. The Morgan fingerprint density at radius 3 is 2.15 bits per heavy atom. The van der Waals surface area contributed by atoms with Crippen molar-refractivity contribution in [3.63, 3.8) is 0 Å². The summed E-state index contributed by atoms with van der Waals surface area (Å²) in [4.78, 5) is 26.7. The van der Waals surface area contributed by atoms with Gasteiger partial charge in [-0.2, -0.15) is 0 Å². The van der Waals surface area contributed by atoms with Crippen molar-refractivity contribution >= 4 is 11.9 Å². The third-order valence-corrected chi connectivity index (χ3v) is 3.62. The molecular formula is C14H18N2O4. The molecule has 0 bridgehead atoms. The zero-order valence-corrected chi connectivity index (χ0v) is 11.3. The average molecular weight is 278 g/mol. The molecule has 6 nitrogen and oxygen atoms in total.